The first-order valence-corrected chi connectivity index (χ1v) is 12.7. The Morgan fingerprint density at radius 3 is 1.69 bits per heavy atom. The molecule has 1 aliphatic rings. The summed E-state index contributed by atoms with van der Waals surface area (Å²) in [4.78, 5) is 0. The van der Waals surface area contributed by atoms with Crippen molar-refractivity contribution >= 4 is 15.9 Å². The SMILES string of the molecule is COc1ccc(CO[C@H]2[C@H](OCc3ccccc3)[C@H](OCc3ccccc3)[C@@H](CBr)O[C@@H]2O)cc1. The van der Waals surface area contributed by atoms with E-state index in [-0.39, 0.29) is 6.61 Å². The van der Waals surface area contributed by atoms with Crippen LogP contribution in [0.25, 0.3) is 0 Å². The van der Waals surface area contributed by atoms with Gasteiger partial charge in [-0.05, 0) is 28.8 Å². The molecule has 1 aliphatic heterocycles. The van der Waals surface area contributed by atoms with Crippen molar-refractivity contribution in [2.75, 3.05) is 12.4 Å². The minimum Gasteiger partial charge on any atom is -0.497 e. The molecule has 3 aromatic rings. The maximum Gasteiger partial charge on any atom is 0.184 e. The topological polar surface area (TPSA) is 66.4 Å². The summed E-state index contributed by atoms with van der Waals surface area (Å²) in [5, 5.41) is 11.4. The first-order chi connectivity index (χ1) is 17.2. The maximum atomic E-state index is 10.9. The van der Waals surface area contributed by atoms with Gasteiger partial charge in [-0.15, -0.1) is 0 Å². The third-order valence-corrected chi connectivity index (χ3v) is 6.57. The van der Waals surface area contributed by atoms with Crippen molar-refractivity contribution in [2.24, 2.45) is 0 Å². The number of rotatable bonds is 11. The van der Waals surface area contributed by atoms with Gasteiger partial charge in [0.05, 0.1) is 33.0 Å². The van der Waals surface area contributed by atoms with Crippen LogP contribution in [0.3, 0.4) is 0 Å². The lowest BCUT2D eigenvalue weighted by Gasteiger charge is -2.44. The van der Waals surface area contributed by atoms with Crippen LogP contribution in [0.4, 0.5) is 0 Å². The number of alkyl halides is 1. The van der Waals surface area contributed by atoms with Crippen LogP contribution in [0.2, 0.25) is 0 Å². The van der Waals surface area contributed by atoms with Gasteiger partial charge in [-0.3, -0.25) is 0 Å². The monoisotopic (exact) mass is 542 g/mol. The van der Waals surface area contributed by atoms with E-state index in [1.54, 1.807) is 7.11 Å². The molecule has 35 heavy (non-hydrogen) atoms. The summed E-state index contributed by atoms with van der Waals surface area (Å²) in [6.07, 6.45) is -3.31. The zero-order valence-corrected chi connectivity index (χ0v) is 21.3. The van der Waals surface area contributed by atoms with Crippen LogP contribution in [0.5, 0.6) is 5.75 Å². The summed E-state index contributed by atoms with van der Waals surface area (Å²) in [6.45, 7) is 1.04. The van der Waals surface area contributed by atoms with Crippen molar-refractivity contribution in [1.82, 2.24) is 0 Å². The van der Waals surface area contributed by atoms with Gasteiger partial charge < -0.3 is 28.8 Å². The third kappa shape index (κ3) is 7.13. The largest absolute Gasteiger partial charge is 0.497 e. The number of ether oxygens (including phenoxy) is 5. The van der Waals surface area contributed by atoms with Crippen LogP contribution in [-0.4, -0.2) is 48.3 Å². The first-order valence-electron chi connectivity index (χ1n) is 11.6. The fourth-order valence-corrected chi connectivity index (χ4v) is 4.56. The molecule has 0 bridgehead atoms. The van der Waals surface area contributed by atoms with E-state index in [1.807, 2.05) is 84.9 Å². The zero-order chi connectivity index (χ0) is 24.5. The van der Waals surface area contributed by atoms with Crippen molar-refractivity contribution in [1.29, 1.82) is 0 Å². The van der Waals surface area contributed by atoms with Crippen LogP contribution in [0, 0.1) is 0 Å². The predicted octanol–water partition coefficient (Wildman–Crippen LogP) is 4.86. The minimum absolute atomic E-state index is 0.282. The Hall–Kier alpha value is -2.26. The summed E-state index contributed by atoms with van der Waals surface area (Å²) < 4.78 is 30.1. The second kappa shape index (κ2) is 13.2. The normalized spacial score (nSPS) is 24.3. The maximum absolute atomic E-state index is 10.9. The van der Waals surface area contributed by atoms with E-state index in [0.29, 0.717) is 18.5 Å². The van der Waals surface area contributed by atoms with Gasteiger partial charge in [0.1, 0.15) is 24.1 Å². The molecule has 7 heteroatoms. The van der Waals surface area contributed by atoms with Gasteiger partial charge in [0.25, 0.3) is 0 Å². The van der Waals surface area contributed by atoms with Gasteiger partial charge in [-0.1, -0.05) is 88.7 Å². The molecule has 0 amide bonds. The first kappa shape index (κ1) is 25.8. The van der Waals surface area contributed by atoms with E-state index in [1.165, 1.54) is 0 Å². The molecule has 1 fully saturated rings. The lowest BCUT2D eigenvalue weighted by Crippen LogP contribution is -2.60. The number of aliphatic hydroxyl groups excluding tert-OH is 1. The van der Waals surface area contributed by atoms with Crippen LogP contribution in [0.1, 0.15) is 16.7 Å². The number of benzene rings is 3. The summed E-state index contributed by atoms with van der Waals surface area (Å²) in [5.74, 6) is 0.772. The zero-order valence-electron chi connectivity index (χ0n) is 19.7. The molecule has 6 nitrogen and oxygen atoms in total. The molecule has 0 aliphatic carbocycles. The van der Waals surface area contributed by atoms with Gasteiger partial charge in [0, 0.05) is 5.33 Å². The fourth-order valence-electron chi connectivity index (χ4n) is 4.04. The smallest absolute Gasteiger partial charge is 0.184 e. The van der Waals surface area contributed by atoms with E-state index in [9.17, 15) is 5.11 Å². The molecule has 3 aromatic carbocycles. The number of methoxy groups -OCH3 is 1. The lowest BCUT2D eigenvalue weighted by molar-refractivity contribution is -0.307. The highest BCUT2D eigenvalue weighted by Gasteiger charge is 2.47. The Morgan fingerprint density at radius 2 is 1.17 bits per heavy atom. The molecule has 5 atom stereocenters. The van der Waals surface area contributed by atoms with Crippen LogP contribution in [0.15, 0.2) is 84.9 Å². The average molecular weight is 543 g/mol. The van der Waals surface area contributed by atoms with E-state index in [2.05, 4.69) is 15.9 Å². The molecule has 1 heterocycles. The van der Waals surface area contributed by atoms with Gasteiger partial charge in [0.2, 0.25) is 0 Å². The van der Waals surface area contributed by atoms with E-state index >= 15 is 0 Å². The average Bonchev–Trinajstić information content (AvgIpc) is 2.91. The number of halogens is 1. The van der Waals surface area contributed by atoms with Crippen molar-refractivity contribution in [2.45, 2.75) is 50.5 Å². The lowest BCUT2D eigenvalue weighted by atomic mass is 9.98. The van der Waals surface area contributed by atoms with Gasteiger partial charge in [0.15, 0.2) is 6.29 Å². The molecule has 1 saturated heterocycles. The van der Waals surface area contributed by atoms with Crippen molar-refractivity contribution in [3.05, 3.63) is 102 Å². The van der Waals surface area contributed by atoms with Crippen molar-refractivity contribution in [3.63, 3.8) is 0 Å². The predicted molar refractivity (Wildman–Crippen MR) is 136 cm³/mol. The highest BCUT2D eigenvalue weighted by Crippen LogP contribution is 2.30. The minimum atomic E-state index is -1.16. The Kier molecular flexibility index (Phi) is 9.71. The standard InChI is InChI=1S/C28H31BrO6/c1-31-23-14-12-22(13-15-23)19-34-27-26(33-18-21-10-6-3-7-11-21)25(24(16-29)35-28(27)30)32-17-20-8-4-2-5-9-20/h2-15,24-28,30H,16-19H2,1H3/t24-,25-,26-,27+,28+/m1/s1. The van der Waals surface area contributed by atoms with Gasteiger partial charge in [-0.25, -0.2) is 0 Å². The van der Waals surface area contributed by atoms with Crippen molar-refractivity contribution < 1.29 is 28.8 Å². The summed E-state index contributed by atoms with van der Waals surface area (Å²) in [6, 6.07) is 27.5. The Morgan fingerprint density at radius 1 is 0.686 bits per heavy atom. The Bertz CT molecular complexity index is 1000. The van der Waals surface area contributed by atoms with Crippen LogP contribution in [-0.2, 0) is 38.8 Å². The molecular weight excluding hydrogens is 512 g/mol. The van der Waals surface area contributed by atoms with Crippen molar-refractivity contribution in [3.8, 4) is 5.75 Å². The highest BCUT2D eigenvalue weighted by atomic mass is 79.9. The summed E-state index contributed by atoms with van der Waals surface area (Å²) >= 11 is 3.51. The quantitative estimate of drug-likeness (QED) is 0.349. The second-order valence-corrected chi connectivity index (χ2v) is 9.01. The number of hydrogen-bond donors (Lipinski definition) is 1. The van der Waals surface area contributed by atoms with Gasteiger partial charge >= 0.3 is 0 Å². The summed E-state index contributed by atoms with van der Waals surface area (Å²) in [7, 11) is 1.63. The fraction of sp³-hybridized carbons (Fsp3) is 0.357. The molecule has 0 unspecified atom stereocenters. The Labute approximate surface area is 214 Å². The molecule has 1 N–H and O–H groups in total. The van der Waals surface area contributed by atoms with E-state index in [4.69, 9.17) is 23.7 Å². The van der Waals surface area contributed by atoms with Crippen LogP contribution >= 0.6 is 15.9 Å². The van der Waals surface area contributed by atoms with E-state index < -0.39 is 30.7 Å². The third-order valence-electron chi connectivity index (χ3n) is 5.93. The summed E-state index contributed by atoms with van der Waals surface area (Å²) in [5.41, 5.74) is 3.02. The number of aliphatic hydroxyl groups is 1. The Balaban J connectivity index is 1.52. The number of hydrogen-bond acceptors (Lipinski definition) is 6. The molecule has 0 saturated carbocycles. The molecule has 0 aromatic heterocycles. The van der Waals surface area contributed by atoms with Gasteiger partial charge in [-0.2, -0.15) is 0 Å². The second-order valence-electron chi connectivity index (χ2n) is 8.37. The van der Waals surface area contributed by atoms with E-state index in [0.717, 1.165) is 22.4 Å². The molecule has 0 radical (unpaired) electrons. The highest BCUT2D eigenvalue weighted by molar-refractivity contribution is 9.09. The molecule has 186 valence electrons. The van der Waals surface area contributed by atoms with Crippen LogP contribution < -0.4 is 4.74 Å². The molecule has 0 spiro atoms. The molecular formula is C28H31BrO6. The molecule has 4 rings (SSSR count).